The maximum absolute atomic E-state index is 13.0. The smallest absolute Gasteiger partial charge is 0.264 e. The molecule has 3 N–H and O–H groups in total. The standard InChI is InChI=1S/C27H28N8O3/c1-38-16-4-6-24(36)34-14-3-2-5-21(34)25-22-17-29-13-15-35(22,28)26(33-25)19-7-9-20(10-8-19)27(37)32-23-11-12-30-18-31-23/h4,6-13,15,17-18,21H,2-3,5,14,16,28H2,1H3/p+1/b6-4+. The first-order chi connectivity index (χ1) is 18.5. The first-order valence-corrected chi connectivity index (χ1v) is 12.4. The molecule has 0 radical (unpaired) electrons. The van der Waals surface area contributed by atoms with Gasteiger partial charge in [-0.1, -0.05) is 6.08 Å². The van der Waals surface area contributed by atoms with Crippen molar-refractivity contribution < 1.29 is 18.9 Å². The minimum absolute atomic E-state index is 0.0824. The molecule has 2 atom stereocenters. The number of carbonyl (C=O) groups excluding carboxylic acids is 2. The minimum atomic E-state index is -0.289. The monoisotopic (exact) mass is 513 g/mol. The molecular weight excluding hydrogens is 484 g/mol. The largest absolute Gasteiger partial charge is 0.381 e. The maximum atomic E-state index is 13.0. The zero-order valence-electron chi connectivity index (χ0n) is 21.0. The summed E-state index contributed by atoms with van der Waals surface area (Å²) in [6.07, 6.45) is 14.0. The molecule has 1 fully saturated rings. The summed E-state index contributed by atoms with van der Waals surface area (Å²) in [5, 5.41) is 2.75. The highest BCUT2D eigenvalue weighted by molar-refractivity contribution is 6.05. The summed E-state index contributed by atoms with van der Waals surface area (Å²) in [6, 6.07) is 8.46. The first-order valence-electron chi connectivity index (χ1n) is 12.4. The number of amides is 2. The number of benzene rings is 1. The zero-order chi connectivity index (χ0) is 26.5. The van der Waals surface area contributed by atoms with E-state index in [1.54, 1.807) is 62.3 Å². The van der Waals surface area contributed by atoms with E-state index in [0.717, 1.165) is 36.2 Å². The molecule has 194 valence electrons. The second-order valence-electron chi connectivity index (χ2n) is 9.09. The lowest BCUT2D eigenvalue weighted by molar-refractivity contribution is -0.750. The van der Waals surface area contributed by atoms with Gasteiger partial charge in [-0.05, 0) is 49.6 Å². The van der Waals surface area contributed by atoms with Gasteiger partial charge in [0.1, 0.15) is 24.0 Å². The SMILES string of the molecule is COC/C=C/C(=O)N1CCCCC1C1=C2C=NC=C[N+]2(N)C(c2ccc(C(=O)Nc3ccncn3)cc2)=N1. The van der Waals surface area contributed by atoms with E-state index >= 15 is 0 Å². The van der Waals surface area contributed by atoms with Gasteiger partial charge in [0.15, 0.2) is 0 Å². The van der Waals surface area contributed by atoms with Gasteiger partial charge in [-0.3, -0.25) is 14.6 Å². The lowest BCUT2D eigenvalue weighted by Crippen LogP contribution is -2.53. The number of hydrogen-bond acceptors (Lipinski definition) is 8. The average Bonchev–Trinajstić information content (AvgIpc) is 3.26. The van der Waals surface area contributed by atoms with E-state index in [1.807, 2.05) is 17.0 Å². The first kappa shape index (κ1) is 25.3. The number of aromatic nitrogens is 2. The van der Waals surface area contributed by atoms with E-state index in [-0.39, 0.29) is 22.4 Å². The van der Waals surface area contributed by atoms with E-state index in [2.05, 4.69) is 20.3 Å². The van der Waals surface area contributed by atoms with Crippen LogP contribution in [-0.4, -0.2) is 69.6 Å². The number of nitrogens with two attached hydrogens (primary N) is 1. The number of amidine groups is 1. The van der Waals surface area contributed by atoms with Crippen molar-refractivity contribution in [2.45, 2.75) is 25.3 Å². The molecule has 3 aliphatic heterocycles. The fraction of sp³-hybridized carbons (Fsp3) is 0.259. The highest BCUT2D eigenvalue weighted by Gasteiger charge is 2.47. The number of quaternary nitrogens is 1. The maximum Gasteiger partial charge on any atom is 0.264 e. The Kier molecular flexibility index (Phi) is 7.31. The van der Waals surface area contributed by atoms with Crippen LogP contribution in [0.3, 0.4) is 0 Å². The summed E-state index contributed by atoms with van der Waals surface area (Å²) in [4.78, 5) is 44.8. The molecule has 38 heavy (non-hydrogen) atoms. The van der Waals surface area contributed by atoms with E-state index < -0.39 is 0 Å². The Labute approximate surface area is 220 Å². The molecule has 1 aromatic carbocycles. The predicted octanol–water partition coefficient (Wildman–Crippen LogP) is 2.53. The molecule has 1 aromatic heterocycles. The number of ether oxygens (including phenoxy) is 1. The lowest BCUT2D eigenvalue weighted by atomic mass is 9.98. The Hall–Kier alpha value is -4.32. The highest BCUT2D eigenvalue weighted by atomic mass is 16.5. The highest BCUT2D eigenvalue weighted by Crippen LogP contribution is 2.36. The number of fused-ring (bicyclic) bond motifs is 1. The molecule has 4 heterocycles. The Morgan fingerprint density at radius 1 is 1.24 bits per heavy atom. The quantitative estimate of drug-likeness (QED) is 0.332. The van der Waals surface area contributed by atoms with Crippen molar-refractivity contribution in [1.82, 2.24) is 14.9 Å². The molecule has 1 saturated heterocycles. The number of nitrogens with one attached hydrogen (secondary N) is 1. The average molecular weight is 514 g/mol. The van der Waals surface area contributed by atoms with Gasteiger partial charge in [0.05, 0.1) is 30.6 Å². The third-order valence-corrected chi connectivity index (χ3v) is 6.68. The second-order valence-corrected chi connectivity index (χ2v) is 9.09. The normalized spacial score (nSPS) is 22.5. The summed E-state index contributed by atoms with van der Waals surface area (Å²) in [6.45, 7) is 1.00. The van der Waals surface area contributed by atoms with E-state index in [9.17, 15) is 9.59 Å². The fourth-order valence-corrected chi connectivity index (χ4v) is 4.80. The number of likely N-dealkylation sites (tertiary alicyclic amines) is 1. The van der Waals surface area contributed by atoms with E-state index in [1.165, 1.54) is 6.33 Å². The van der Waals surface area contributed by atoms with Crippen LogP contribution in [-0.2, 0) is 9.53 Å². The number of methoxy groups -OCH3 is 1. The second kappa shape index (κ2) is 11.0. The Morgan fingerprint density at radius 3 is 2.84 bits per heavy atom. The summed E-state index contributed by atoms with van der Waals surface area (Å²) < 4.78 is 4.88. The van der Waals surface area contributed by atoms with Gasteiger partial charge in [0.2, 0.25) is 11.6 Å². The molecule has 11 heteroatoms. The van der Waals surface area contributed by atoms with Crippen molar-refractivity contribution in [2.24, 2.45) is 15.8 Å². The minimum Gasteiger partial charge on any atom is -0.381 e. The van der Waals surface area contributed by atoms with Gasteiger partial charge in [-0.25, -0.2) is 9.97 Å². The third-order valence-electron chi connectivity index (χ3n) is 6.68. The predicted molar refractivity (Wildman–Crippen MR) is 142 cm³/mol. The topological polar surface area (TPSA) is 135 Å². The number of piperidine rings is 1. The van der Waals surface area contributed by atoms with Gasteiger partial charge < -0.3 is 15.0 Å². The van der Waals surface area contributed by atoms with Crippen molar-refractivity contribution in [1.29, 1.82) is 0 Å². The summed E-state index contributed by atoms with van der Waals surface area (Å²) in [5.41, 5.74) is 2.67. The number of nitrogens with zero attached hydrogens (tertiary/aromatic N) is 6. The zero-order valence-corrected chi connectivity index (χ0v) is 21.0. The van der Waals surface area contributed by atoms with Gasteiger partial charge in [-0.2, -0.15) is 10.8 Å². The van der Waals surface area contributed by atoms with Crippen LogP contribution >= 0.6 is 0 Å². The summed E-state index contributed by atoms with van der Waals surface area (Å²) in [5.74, 6) is 7.54. The van der Waals surface area contributed by atoms with Crippen LogP contribution in [0.2, 0.25) is 0 Å². The number of rotatable bonds is 7. The van der Waals surface area contributed by atoms with Gasteiger partial charge in [0.25, 0.3) is 11.7 Å². The molecule has 2 aromatic rings. The van der Waals surface area contributed by atoms with Gasteiger partial charge in [-0.15, -0.1) is 4.59 Å². The Balaban J connectivity index is 1.44. The number of allylic oxidation sites excluding steroid dienone is 1. The molecule has 11 nitrogen and oxygen atoms in total. The Bertz CT molecular complexity index is 1360. The van der Waals surface area contributed by atoms with Crippen molar-refractivity contribution in [2.75, 3.05) is 25.6 Å². The molecule has 0 spiro atoms. The number of aliphatic imine (C=N–C) groups is 2. The molecule has 2 unspecified atom stereocenters. The van der Waals surface area contributed by atoms with Gasteiger partial charge >= 0.3 is 0 Å². The fourth-order valence-electron chi connectivity index (χ4n) is 4.80. The number of carbonyl (C=O) groups is 2. The lowest BCUT2D eigenvalue weighted by Gasteiger charge is -2.35. The van der Waals surface area contributed by atoms with Crippen molar-refractivity contribution in [3.8, 4) is 0 Å². The number of anilines is 1. The molecule has 0 saturated carbocycles. The van der Waals surface area contributed by atoms with E-state index in [0.29, 0.717) is 30.4 Å². The van der Waals surface area contributed by atoms with Gasteiger partial charge in [0, 0.05) is 31.5 Å². The Morgan fingerprint density at radius 2 is 2.08 bits per heavy atom. The van der Waals surface area contributed by atoms with Crippen LogP contribution in [0, 0.1) is 0 Å². The summed E-state index contributed by atoms with van der Waals surface area (Å²) >= 11 is 0. The molecular formula is C27H29N8O3+. The van der Waals surface area contributed by atoms with Crippen LogP contribution in [0.4, 0.5) is 5.82 Å². The molecule has 0 bridgehead atoms. The van der Waals surface area contributed by atoms with Crippen molar-refractivity contribution in [3.63, 3.8) is 0 Å². The third kappa shape index (κ3) is 4.94. The molecule has 2 amide bonds. The van der Waals surface area contributed by atoms with Crippen LogP contribution in [0.25, 0.3) is 0 Å². The van der Waals surface area contributed by atoms with Crippen molar-refractivity contribution >= 4 is 29.7 Å². The molecule has 3 aliphatic rings. The van der Waals surface area contributed by atoms with Crippen LogP contribution in [0.15, 0.2) is 88.8 Å². The molecule has 0 aliphatic carbocycles. The van der Waals surface area contributed by atoms with Crippen LogP contribution in [0.1, 0.15) is 35.2 Å². The summed E-state index contributed by atoms with van der Waals surface area (Å²) in [7, 11) is 1.59. The van der Waals surface area contributed by atoms with E-state index in [4.69, 9.17) is 15.6 Å². The number of hydrogen-bond donors (Lipinski definition) is 2. The van der Waals surface area contributed by atoms with Crippen LogP contribution in [0.5, 0.6) is 0 Å². The van der Waals surface area contributed by atoms with Crippen LogP contribution < -0.4 is 11.2 Å². The molecule has 5 rings (SSSR count). The van der Waals surface area contributed by atoms with Crippen molar-refractivity contribution in [3.05, 3.63) is 89.9 Å².